The van der Waals surface area contributed by atoms with Crippen molar-refractivity contribution in [2.45, 2.75) is 23.1 Å². The molecule has 3 rings (SSSR count). The van der Waals surface area contributed by atoms with Gasteiger partial charge in [-0.2, -0.15) is 4.39 Å². The second kappa shape index (κ2) is 6.91. The molecule has 0 fully saturated rings. The Morgan fingerprint density at radius 1 is 1.39 bits per heavy atom. The number of halogens is 1. The first kappa shape index (κ1) is 15.7. The minimum Gasteiger partial charge on any atom is -0.508 e. The number of phenolic OH excluding ortho intramolecular Hbond substituents is 1. The highest BCUT2D eigenvalue weighted by Gasteiger charge is 2.18. The fourth-order valence-electron chi connectivity index (χ4n) is 2.38. The van der Waals surface area contributed by atoms with Crippen LogP contribution in [-0.4, -0.2) is 22.5 Å². The number of phenols is 1. The first-order valence-electron chi connectivity index (χ1n) is 7.42. The number of aromatic nitrogens is 1. The van der Waals surface area contributed by atoms with Crippen molar-refractivity contribution in [3.05, 3.63) is 54.0 Å². The molecule has 0 bridgehead atoms. The Bertz CT molecular complexity index is 736. The van der Waals surface area contributed by atoms with Crippen LogP contribution in [-0.2, 0) is 6.42 Å². The number of aromatic hydroxyl groups is 1. The van der Waals surface area contributed by atoms with Gasteiger partial charge in [0, 0.05) is 23.2 Å². The van der Waals surface area contributed by atoms with Crippen molar-refractivity contribution in [2.75, 3.05) is 17.7 Å². The van der Waals surface area contributed by atoms with Crippen molar-refractivity contribution in [1.82, 2.24) is 4.98 Å². The molecule has 120 valence electrons. The Morgan fingerprint density at radius 3 is 3.04 bits per heavy atom. The number of hydrogen-bond acceptors (Lipinski definition) is 5. The van der Waals surface area contributed by atoms with Gasteiger partial charge in [-0.05, 0) is 37.1 Å². The number of rotatable bonds is 5. The molecule has 1 atom stereocenters. The van der Waals surface area contributed by atoms with Gasteiger partial charge in [0.15, 0.2) is 0 Å². The molecule has 0 radical (unpaired) electrons. The van der Waals surface area contributed by atoms with E-state index in [1.165, 1.54) is 0 Å². The van der Waals surface area contributed by atoms with E-state index in [1.807, 2.05) is 12.1 Å². The first-order chi connectivity index (χ1) is 11.2. The SMILES string of the molecule is CNc1ccc(CC/C=C/C2Nc3ccc(O)cc3S2)c(F)n1. The lowest BCUT2D eigenvalue weighted by atomic mass is 10.1. The lowest BCUT2D eigenvalue weighted by Crippen LogP contribution is -2.05. The number of hydrogen-bond donors (Lipinski definition) is 3. The Labute approximate surface area is 138 Å². The molecule has 1 aliphatic heterocycles. The van der Waals surface area contributed by atoms with Crippen LogP contribution in [0.1, 0.15) is 12.0 Å². The van der Waals surface area contributed by atoms with E-state index < -0.39 is 5.95 Å². The van der Waals surface area contributed by atoms with Crippen molar-refractivity contribution in [3.8, 4) is 5.75 Å². The van der Waals surface area contributed by atoms with Crippen molar-refractivity contribution < 1.29 is 9.50 Å². The maximum atomic E-state index is 13.8. The summed E-state index contributed by atoms with van der Waals surface area (Å²) in [5.41, 5.74) is 1.65. The quantitative estimate of drug-likeness (QED) is 0.439. The minimum absolute atomic E-state index is 0.140. The first-order valence-corrected chi connectivity index (χ1v) is 8.30. The van der Waals surface area contributed by atoms with E-state index in [4.69, 9.17) is 0 Å². The van der Waals surface area contributed by atoms with Crippen LogP contribution in [0.4, 0.5) is 15.9 Å². The van der Waals surface area contributed by atoms with Gasteiger partial charge in [-0.3, -0.25) is 0 Å². The number of nitrogens with zero attached hydrogens (tertiary/aromatic N) is 1. The number of pyridine rings is 1. The molecule has 1 aliphatic rings. The second-order valence-electron chi connectivity index (χ2n) is 5.23. The van der Waals surface area contributed by atoms with Gasteiger partial charge in [-0.15, -0.1) is 0 Å². The molecule has 0 saturated carbocycles. The van der Waals surface area contributed by atoms with Gasteiger partial charge < -0.3 is 15.7 Å². The highest BCUT2D eigenvalue weighted by Crippen LogP contribution is 2.40. The summed E-state index contributed by atoms with van der Waals surface area (Å²) in [6.07, 6.45) is 5.47. The Morgan fingerprint density at radius 2 is 2.26 bits per heavy atom. The summed E-state index contributed by atoms with van der Waals surface area (Å²) < 4.78 is 13.8. The zero-order valence-electron chi connectivity index (χ0n) is 12.7. The summed E-state index contributed by atoms with van der Waals surface area (Å²) in [6, 6.07) is 8.84. The third-order valence-electron chi connectivity index (χ3n) is 3.59. The maximum Gasteiger partial charge on any atom is 0.218 e. The highest BCUT2D eigenvalue weighted by atomic mass is 32.2. The standard InChI is InChI=1S/C17H18FN3OS/c1-19-15-9-6-11(17(18)21-15)4-2-3-5-16-20-13-8-7-12(22)10-14(13)23-16/h3,5-10,16,20,22H,2,4H2,1H3,(H,19,21)/b5-3+. The fourth-order valence-corrected chi connectivity index (χ4v) is 3.47. The molecular weight excluding hydrogens is 313 g/mol. The smallest absolute Gasteiger partial charge is 0.218 e. The van der Waals surface area contributed by atoms with Gasteiger partial charge >= 0.3 is 0 Å². The van der Waals surface area contributed by atoms with Crippen LogP contribution in [0.15, 0.2) is 47.4 Å². The number of allylic oxidation sites excluding steroid dienone is 1. The topological polar surface area (TPSA) is 57.2 Å². The normalized spacial score (nSPS) is 16.3. The third-order valence-corrected chi connectivity index (χ3v) is 4.71. The predicted octanol–water partition coefficient (Wildman–Crippen LogP) is 4.00. The fraction of sp³-hybridized carbons (Fsp3) is 0.235. The molecule has 0 saturated heterocycles. The summed E-state index contributed by atoms with van der Waals surface area (Å²) in [5.74, 6) is 0.395. The summed E-state index contributed by atoms with van der Waals surface area (Å²) in [4.78, 5) is 4.88. The monoisotopic (exact) mass is 331 g/mol. The van der Waals surface area contributed by atoms with Crippen LogP contribution in [0.2, 0.25) is 0 Å². The van der Waals surface area contributed by atoms with Crippen LogP contribution in [0.25, 0.3) is 0 Å². The van der Waals surface area contributed by atoms with E-state index in [9.17, 15) is 9.50 Å². The lowest BCUT2D eigenvalue weighted by molar-refractivity contribution is 0.474. The van der Waals surface area contributed by atoms with Crippen LogP contribution in [0, 0.1) is 5.95 Å². The van der Waals surface area contributed by atoms with Crippen molar-refractivity contribution >= 4 is 23.3 Å². The molecule has 1 aromatic carbocycles. The molecule has 0 spiro atoms. The minimum atomic E-state index is -0.415. The molecular formula is C17H18FN3OS. The van der Waals surface area contributed by atoms with Gasteiger partial charge in [-0.25, -0.2) is 4.98 Å². The van der Waals surface area contributed by atoms with Gasteiger partial charge in [0.1, 0.15) is 11.6 Å². The molecule has 4 nitrogen and oxygen atoms in total. The van der Waals surface area contributed by atoms with E-state index in [0.717, 1.165) is 17.0 Å². The number of aryl methyl sites for hydroxylation is 1. The van der Waals surface area contributed by atoms with Crippen LogP contribution in [0.5, 0.6) is 5.75 Å². The van der Waals surface area contributed by atoms with Crippen LogP contribution >= 0.6 is 11.8 Å². The average molecular weight is 331 g/mol. The van der Waals surface area contributed by atoms with E-state index in [2.05, 4.69) is 21.7 Å². The van der Waals surface area contributed by atoms with E-state index >= 15 is 0 Å². The van der Waals surface area contributed by atoms with Gasteiger partial charge in [0.25, 0.3) is 0 Å². The third kappa shape index (κ3) is 3.76. The van der Waals surface area contributed by atoms with Crippen molar-refractivity contribution in [3.63, 3.8) is 0 Å². The zero-order valence-corrected chi connectivity index (χ0v) is 13.5. The van der Waals surface area contributed by atoms with Crippen molar-refractivity contribution in [2.24, 2.45) is 0 Å². The number of benzene rings is 1. The number of nitrogens with one attached hydrogen (secondary N) is 2. The van der Waals surface area contributed by atoms with Gasteiger partial charge in [0.05, 0.1) is 5.37 Å². The van der Waals surface area contributed by atoms with E-state index in [-0.39, 0.29) is 11.1 Å². The highest BCUT2D eigenvalue weighted by molar-refractivity contribution is 8.00. The van der Waals surface area contributed by atoms with Crippen molar-refractivity contribution in [1.29, 1.82) is 0 Å². The van der Waals surface area contributed by atoms with Gasteiger partial charge in [0.2, 0.25) is 5.95 Å². The van der Waals surface area contributed by atoms with Gasteiger partial charge in [-0.1, -0.05) is 30.0 Å². The zero-order chi connectivity index (χ0) is 16.2. The predicted molar refractivity (Wildman–Crippen MR) is 92.6 cm³/mol. The largest absolute Gasteiger partial charge is 0.508 e. The molecule has 0 aliphatic carbocycles. The maximum absolute atomic E-state index is 13.8. The molecule has 2 aromatic rings. The molecule has 1 unspecified atom stereocenters. The Hall–Kier alpha value is -2.21. The molecule has 23 heavy (non-hydrogen) atoms. The lowest BCUT2D eigenvalue weighted by Gasteiger charge is -2.05. The Kier molecular flexibility index (Phi) is 4.71. The average Bonchev–Trinajstić information content (AvgIpc) is 2.94. The summed E-state index contributed by atoms with van der Waals surface area (Å²) in [5, 5.41) is 15.8. The molecule has 2 heterocycles. The number of anilines is 2. The summed E-state index contributed by atoms with van der Waals surface area (Å²) >= 11 is 1.65. The van der Waals surface area contributed by atoms with Crippen LogP contribution < -0.4 is 10.6 Å². The second-order valence-corrected chi connectivity index (χ2v) is 6.41. The number of thioether (sulfide) groups is 1. The van der Waals surface area contributed by atoms with E-state index in [0.29, 0.717) is 17.8 Å². The summed E-state index contributed by atoms with van der Waals surface area (Å²) in [7, 11) is 1.72. The molecule has 0 amide bonds. The summed E-state index contributed by atoms with van der Waals surface area (Å²) in [6.45, 7) is 0. The molecule has 3 N–H and O–H groups in total. The number of fused-ring (bicyclic) bond motifs is 1. The van der Waals surface area contributed by atoms with E-state index in [1.54, 1.807) is 43.1 Å². The molecule has 6 heteroatoms. The Balaban J connectivity index is 1.53. The molecule has 1 aromatic heterocycles. The van der Waals surface area contributed by atoms with Crippen LogP contribution in [0.3, 0.4) is 0 Å².